The number of hydrogen-bond acceptors (Lipinski definition) is 17. The molecule has 8 atom stereocenters. The van der Waals surface area contributed by atoms with Crippen LogP contribution in [-0.4, -0.2) is 143 Å². The van der Waals surface area contributed by atoms with Crippen molar-refractivity contribution >= 4 is 5.97 Å². The summed E-state index contributed by atoms with van der Waals surface area (Å²) in [4.78, 5) is 13.3. The van der Waals surface area contributed by atoms with Crippen molar-refractivity contribution < 1.29 is 67.1 Å². The molecule has 0 spiro atoms. The number of rotatable bonds is 41. The van der Waals surface area contributed by atoms with E-state index in [0.717, 1.165) is 51.4 Å². The number of fused-ring (bicyclic) bond motifs is 1. The summed E-state index contributed by atoms with van der Waals surface area (Å²) in [6.07, 6.45) is 16.3. The maximum Gasteiger partial charge on any atom is 0.338 e. The number of carbonyl (C=O) groups is 1. The number of ether oxygens (including phenoxy) is 11. The van der Waals surface area contributed by atoms with Crippen molar-refractivity contribution in [2.45, 2.75) is 200 Å². The molecular formula is C52H91N3O14. The molecule has 4 rings (SSSR count). The molecule has 3 saturated heterocycles. The van der Waals surface area contributed by atoms with Crippen LogP contribution in [0.15, 0.2) is 30.1 Å². The summed E-state index contributed by atoms with van der Waals surface area (Å²) in [5.74, 6) is 6.88. The van der Waals surface area contributed by atoms with Gasteiger partial charge in [-0.15, -0.1) is 0 Å². The van der Waals surface area contributed by atoms with Crippen molar-refractivity contribution in [1.82, 2.24) is 5.01 Å². The quantitative estimate of drug-likeness (QED) is 0.0163. The first kappa shape index (κ1) is 58.8. The zero-order valence-electron chi connectivity index (χ0n) is 42.8. The van der Waals surface area contributed by atoms with Crippen LogP contribution in [-0.2, 0) is 42.6 Å². The Kier molecular flexibility index (Phi) is 28.8. The molecule has 17 nitrogen and oxygen atoms in total. The largest absolute Gasteiger partial charge is 0.493 e. The third-order valence-electron chi connectivity index (χ3n) is 12.4. The molecule has 1 aromatic rings. The first-order valence-corrected chi connectivity index (χ1v) is 26.4. The second-order valence-corrected chi connectivity index (χ2v) is 19.3. The number of nitrogens with two attached hydrogens (primary N) is 2. The number of unbranched alkanes of at least 4 members (excludes halogenated alkanes) is 14. The van der Waals surface area contributed by atoms with Gasteiger partial charge in [0.05, 0.1) is 64.1 Å². The molecule has 3 aliphatic rings. The van der Waals surface area contributed by atoms with Gasteiger partial charge in [0.1, 0.15) is 54.7 Å². The van der Waals surface area contributed by atoms with E-state index in [-0.39, 0.29) is 31.3 Å². The number of benzene rings is 1. The molecular weight excluding hydrogens is 891 g/mol. The van der Waals surface area contributed by atoms with E-state index < -0.39 is 55.9 Å². The molecule has 0 saturated carbocycles. The number of aliphatic hydroxyl groups excluding tert-OH is 2. The number of carbonyl (C=O) groups excluding carboxylic acids is 1. The lowest BCUT2D eigenvalue weighted by molar-refractivity contribution is -0.408. The SMILES string of the molecule is CCCCCCCCOCC(C)(COCCCCCCCC)COC/C(N)=C/N(N)CC1OC(OC2OC(COC(=O)c3cc(OCCCCC)cc(OCCCCC)c3)C3OC23)OC(CO)C1O. The second-order valence-electron chi connectivity index (χ2n) is 19.3. The zero-order chi connectivity index (χ0) is 49.7. The molecule has 0 aromatic heterocycles. The van der Waals surface area contributed by atoms with Gasteiger partial charge >= 0.3 is 5.97 Å². The van der Waals surface area contributed by atoms with Gasteiger partial charge in [-0.2, -0.15) is 0 Å². The molecule has 1 aromatic carbocycles. The monoisotopic (exact) mass is 982 g/mol. The summed E-state index contributed by atoms with van der Waals surface area (Å²) < 4.78 is 65.7. The number of esters is 1. The van der Waals surface area contributed by atoms with Gasteiger partial charge in [-0.25, -0.2) is 10.6 Å². The van der Waals surface area contributed by atoms with Crippen molar-refractivity contribution in [1.29, 1.82) is 0 Å². The van der Waals surface area contributed by atoms with Crippen molar-refractivity contribution in [2.75, 3.05) is 72.6 Å². The standard InChI is InChI=1S/C52H91N3O14/c1-6-10-14-16-18-22-24-59-36-52(5,37-60-25-23-19-17-15-11-7-2)38-61-34-40(53)31-55(54)32-43-46(57)44(33-56)67-51(66-43)69-50-48-47(68-48)45(65-50)35-64-49(58)39-28-41(62-26-20-12-8-3)30-42(29-39)63-27-21-13-9-4/h28-31,43-48,50-51,56-57H,6-27,32-38,53-54H2,1-5H3/b40-31-. The molecule has 6 N–H and O–H groups in total. The van der Waals surface area contributed by atoms with Gasteiger partial charge in [0, 0.05) is 30.9 Å². The second kappa shape index (κ2) is 33.8. The Hall–Kier alpha value is -2.81. The van der Waals surface area contributed by atoms with Gasteiger partial charge in [-0.3, -0.25) is 4.74 Å². The Morgan fingerprint density at radius 3 is 1.78 bits per heavy atom. The molecule has 0 aliphatic carbocycles. The molecule has 0 amide bonds. The number of nitrogens with zero attached hydrogens (tertiary/aromatic N) is 1. The summed E-state index contributed by atoms with van der Waals surface area (Å²) in [5, 5.41) is 22.4. The Balaban J connectivity index is 1.24. The van der Waals surface area contributed by atoms with Gasteiger partial charge in [-0.05, 0) is 37.8 Å². The summed E-state index contributed by atoms with van der Waals surface area (Å²) in [5.41, 5.74) is 6.66. The lowest BCUT2D eigenvalue weighted by Crippen LogP contribution is -2.56. The highest BCUT2D eigenvalue weighted by Gasteiger charge is 2.60. The Morgan fingerprint density at radius 2 is 1.20 bits per heavy atom. The normalized spacial score (nSPS) is 23.5. The topological polar surface area (TPSA) is 218 Å². The van der Waals surface area contributed by atoms with Crippen LogP contribution in [0.4, 0.5) is 0 Å². The highest BCUT2D eigenvalue weighted by molar-refractivity contribution is 5.90. The number of epoxide rings is 1. The average Bonchev–Trinajstić information content (AvgIpc) is 4.07. The summed E-state index contributed by atoms with van der Waals surface area (Å²) in [7, 11) is 0. The molecule has 17 heteroatoms. The molecule has 8 unspecified atom stereocenters. The predicted octanol–water partition coefficient (Wildman–Crippen LogP) is 7.66. The predicted molar refractivity (Wildman–Crippen MR) is 262 cm³/mol. The van der Waals surface area contributed by atoms with E-state index in [1.54, 1.807) is 18.2 Å². The first-order chi connectivity index (χ1) is 33.5. The number of hydrogen-bond donors (Lipinski definition) is 4. The summed E-state index contributed by atoms with van der Waals surface area (Å²) >= 11 is 0. The van der Waals surface area contributed by atoms with Crippen LogP contribution in [0.5, 0.6) is 11.5 Å². The van der Waals surface area contributed by atoms with Crippen molar-refractivity contribution in [3.63, 3.8) is 0 Å². The lowest BCUT2D eigenvalue weighted by Gasteiger charge is -2.40. The highest BCUT2D eigenvalue weighted by Crippen LogP contribution is 2.41. The van der Waals surface area contributed by atoms with E-state index in [1.807, 2.05) is 0 Å². The average molecular weight is 982 g/mol. The molecule has 0 radical (unpaired) electrons. The van der Waals surface area contributed by atoms with Crippen LogP contribution in [0.2, 0.25) is 0 Å². The van der Waals surface area contributed by atoms with Gasteiger partial charge in [-0.1, -0.05) is 125 Å². The van der Waals surface area contributed by atoms with E-state index in [1.165, 1.54) is 75.4 Å². The van der Waals surface area contributed by atoms with Crippen molar-refractivity contribution in [3.05, 3.63) is 35.7 Å². The fourth-order valence-electron chi connectivity index (χ4n) is 8.26. The van der Waals surface area contributed by atoms with Gasteiger partial charge in [0.25, 0.3) is 6.48 Å². The van der Waals surface area contributed by atoms with Crippen LogP contribution in [0, 0.1) is 5.41 Å². The van der Waals surface area contributed by atoms with Crippen LogP contribution in [0.25, 0.3) is 0 Å². The van der Waals surface area contributed by atoms with Crippen LogP contribution in [0.1, 0.15) is 161 Å². The molecule has 3 aliphatic heterocycles. The minimum Gasteiger partial charge on any atom is -0.493 e. The molecule has 3 fully saturated rings. The first-order valence-electron chi connectivity index (χ1n) is 26.4. The van der Waals surface area contributed by atoms with Crippen LogP contribution < -0.4 is 21.1 Å². The summed E-state index contributed by atoms with van der Waals surface area (Å²) in [6.45, 7) is 12.8. The van der Waals surface area contributed by atoms with E-state index in [4.69, 9.17) is 63.7 Å². The highest BCUT2D eigenvalue weighted by atomic mass is 16.9. The van der Waals surface area contributed by atoms with E-state index in [2.05, 4.69) is 34.6 Å². The van der Waals surface area contributed by atoms with Crippen molar-refractivity contribution in [3.8, 4) is 11.5 Å². The van der Waals surface area contributed by atoms with E-state index >= 15 is 0 Å². The number of hydrazine groups is 1. The van der Waals surface area contributed by atoms with E-state index in [9.17, 15) is 15.0 Å². The fourth-order valence-corrected chi connectivity index (χ4v) is 8.26. The molecule has 398 valence electrons. The van der Waals surface area contributed by atoms with E-state index in [0.29, 0.717) is 69.0 Å². The zero-order valence-corrected chi connectivity index (χ0v) is 42.8. The maximum atomic E-state index is 13.3. The third kappa shape index (κ3) is 22.7. The lowest BCUT2D eigenvalue weighted by atomic mass is 9.94. The van der Waals surface area contributed by atoms with Crippen LogP contribution >= 0.6 is 0 Å². The Morgan fingerprint density at radius 1 is 0.681 bits per heavy atom. The van der Waals surface area contributed by atoms with Gasteiger partial charge in [0.2, 0.25) is 0 Å². The third-order valence-corrected chi connectivity index (χ3v) is 12.4. The number of aliphatic hydroxyl groups is 2. The van der Waals surface area contributed by atoms with Gasteiger partial charge < -0.3 is 68.3 Å². The Labute approximate surface area is 413 Å². The van der Waals surface area contributed by atoms with Crippen LogP contribution in [0.3, 0.4) is 0 Å². The smallest absolute Gasteiger partial charge is 0.338 e. The maximum absolute atomic E-state index is 13.3. The van der Waals surface area contributed by atoms with Crippen molar-refractivity contribution in [2.24, 2.45) is 17.0 Å². The molecule has 69 heavy (non-hydrogen) atoms. The molecule has 0 bridgehead atoms. The molecule has 3 heterocycles. The summed E-state index contributed by atoms with van der Waals surface area (Å²) in [6, 6.07) is 5.11. The van der Waals surface area contributed by atoms with Gasteiger partial charge in [0.15, 0.2) is 6.29 Å². The fraction of sp³-hybridized carbons (Fsp3) is 0.827. The Bertz CT molecular complexity index is 1510. The minimum atomic E-state index is -1.34. The minimum absolute atomic E-state index is 0.0268.